The Morgan fingerprint density at radius 3 is 2.15 bits per heavy atom. The van der Waals surface area contributed by atoms with Crippen LogP contribution in [0.2, 0.25) is 0 Å². The fourth-order valence-corrected chi connectivity index (χ4v) is 2.83. The van der Waals surface area contributed by atoms with Crippen LogP contribution < -0.4 is 4.74 Å². The van der Waals surface area contributed by atoms with Gasteiger partial charge >= 0.3 is 0 Å². The molecule has 0 radical (unpaired) electrons. The van der Waals surface area contributed by atoms with E-state index in [0.29, 0.717) is 5.56 Å². The minimum absolute atomic E-state index is 0.0307. The van der Waals surface area contributed by atoms with Crippen molar-refractivity contribution in [2.24, 2.45) is 0 Å². The number of rotatable bonds is 3. The van der Waals surface area contributed by atoms with Crippen LogP contribution in [0.3, 0.4) is 0 Å². The zero-order valence-electron chi connectivity index (χ0n) is 10.2. The van der Waals surface area contributed by atoms with Crippen molar-refractivity contribution in [3.8, 4) is 11.5 Å². The lowest BCUT2D eigenvalue weighted by Gasteiger charge is -2.08. The fraction of sp³-hybridized carbons (Fsp3) is 0.0769. The second kappa shape index (κ2) is 5.38. The van der Waals surface area contributed by atoms with Crippen LogP contribution in [0.15, 0.2) is 41.3 Å². The quantitative estimate of drug-likeness (QED) is 0.804. The predicted molar refractivity (Wildman–Crippen MR) is 70.6 cm³/mol. The Hall–Kier alpha value is -1.66. The van der Waals surface area contributed by atoms with Crippen molar-refractivity contribution in [3.05, 3.63) is 53.6 Å². The van der Waals surface area contributed by atoms with E-state index < -0.39 is 20.7 Å². The summed E-state index contributed by atoms with van der Waals surface area (Å²) >= 11 is 0. The van der Waals surface area contributed by atoms with Crippen LogP contribution in [0.5, 0.6) is 11.5 Å². The van der Waals surface area contributed by atoms with E-state index in [9.17, 15) is 17.2 Å². The smallest absolute Gasteiger partial charge is 0.261 e. The molecule has 7 heteroatoms. The van der Waals surface area contributed by atoms with Crippen LogP contribution >= 0.6 is 10.7 Å². The van der Waals surface area contributed by atoms with Crippen LogP contribution in [0.25, 0.3) is 0 Å². The maximum absolute atomic E-state index is 13.0. The highest BCUT2D eigenvalue weighted by molar-refractivity contribution is 8.13. The Morgan fingerprint density at radius 2 is 1.60 bits per heavy atom. The summed E-state index contributed by atoms with van der Waals surface area (Å²) in [4.78, 5) is -0.0307. The molecule has 2 aromatic rings. The van der Waals surface area contributed by atoms with Crippen molar-refractivity contribution in [2.45, 2.75) is 11.8 Å². The van der Waals surface area contributed by atoms with E-state index in [0.717, 1.165) is 12.1 Å². The average molecular weight is 319 g/mol. The van der Waals surface area contributed by atoms with E-state index in [-0.39, 0.29) is 16.4 Å². The summed E-state index contributed by atoms with van der Waals surface area (Å²) < 4.78 is 53.6. The molecule has 2 rings (SSSR count). The monoisotopic (exact) mass is 318 g/mol. The Kier molecular flexibility index (Phi) is 3.96. The molecule has 0 aromatic heterocycles. The van der Waals surface area contributed by atoms with Crippen molar-refractivity contribution in [3.63, 3.8) is 0 Å². The summed E-state index contributed by atoms with van der Waals surface area (Å²) in [6.07, 6.45) is 0. The van der Waals surface area contributed by atoms with Crippen LogP contribution in [-0.2, 0) is 9.05 Å². The van der Waals surface area contributed by atoms with Gasteiger partial charge in [-0.05, 0) is 42.8 Å². The number of hydrogen-bond acceptors (Lipinski definition) is 3. The van der Waals surface area contributed by atoms with E-state index in [1.165, 1.54) is 24.3 Å². The third-order valence-corrected chi connectivity index (χ3v) is 4.02. The maximum atomic E-state index is 13.0. The summed E-state index contributed by atoms with van der Waals surface area (Å²) in [6.45, 7) is 1.55. The number of ether oxygens (including phenoxy) is 1. The van der Waals surface area contributed by atoms with E-state index >= 15 is 0 Å². The minimum atomic E-state index is -3.83. The first-order valence-electron chi connectivity index (χ1n) is 5.45. The van der Waals surface area contributed by atoms with Crippen molar-refractivity contribution < 1.29 is 21.9 Å². The molecule has 3 nitrogen and oxygen atoms in total. The number of halogens is 3. The molecule has 0 atom stereocenters. The van der Waals surface area contributed by atoms with Gasteiger partial charge in [0.2, 0.25) is 0 Å². The van der Waals surface area contributed by atoms with Crippen molar-refractivity contribution in [1.29, 1.82) is 0 Å². The molecule has 0 amide bonds. The van der Waals surface area contributed by atoms with E-state index in [1.54, 1.807) is 6.92 Å². The van der Waals surface area contributed by atoms with Gasteiger partial charge in [0.15, 0.2) is 11.6 Å². The SMILES string of the molecule is Cc1cc(Oc2ccc(F)c(F)c2)ccc1S(=O)(=O)Cl. The maximum Gasteiger partial charge on any atom is 0.261 e. The van der Waals surface area contributed by atoms with Crippen LogP contribution in [0.4, 0.5) is 8.78 Å². The number of hydrogen-bond donors (Lipinski definition) is 0. The minimum Gasteiger partial charge on any atom is -0.457 e. The molecule has 0 fully saturated rings. The van der Waals surface area contributed by atoms with Crippen molar-refractivity contribution >= 4 is 19.7 Å². The molecule has 0 unspecified atom stereocenters. The highest BCUT2D eigenvalue weighted by atomic mass is 35.7. The molecule has 0 heterocycles. The van der Waals surface area contributed by atoms with Gasteiger partial charge in [-0.1, -0.05) is 0 Å². The molecule has 0 spiro atoms. The second-order valence-corrected chi connectivity index (χ2v) is 6.58. The Labute approximate surface area is 119 Å². The molecule has 20 heavy (non-hydrogen) atoms. The largest absolute Gasteiger partial charge is 0.457 e. The van der Waals surface area contributed by atoms with Crippen LogP contribution in [-0.4, -0.2) is 8.42 Å². The molecule has 0 aliphatic heterocycles. The topological polar surface area (TPSA) is 43.4 Å². The first-order chi connectivity index (χ1) is 9.27. The van der Waals surface area contributed by atoms with Gasteiger partial charge in [-0.25, -0.2) is 17.2 Å². The van der Waals surface area contributed by atoms with E-state index in [2.05, 4.69) is 0 Å². The molecule has 0 bridgehead atoms. The van der Waals surface area contributed by atoms with E-state index in [1.807, 2.05) is 0 Å². The number of aryl methyl sites for hydroxylation is 1. The van der Waals surface area contributed by atoms with Gasteiger partial charge in [0, 0.05) is 16.7 Å². The van der Waals surface area contributed by atoms with E-state index in [4.69, 9.17) is 15.4 Å². The summed E-state index contributed by atoms with van der Waals surface area (Å²) in [6, 6.07) is 7.21. The van der Waals surface area contributed by atoms with Gasteiger partial charge in [-0.2, -0.15) is 0 Å². The van der Waals surface area contributed by atoms with Gasteiger partial charge in [0.05, 0.1) is 4.90 Å². The van der Waals surface area contributed by atoms with Crippen LogP contribution in [0.1, 0.15) is 5.56 Å². The Morgan fingerprint density at radius 1 is 1.00 bits per heavy atom. The van der Waals surface area contributed by atoms with Crippen LogP contribution in [0, 0.1) is 18.6 Å². The molecule has 0 aliphatic rings. The Bertz CT molecular complexity index is 760. The van der Waals surface area contributed by atoms with Gasteiger partial charge in [0.25, 0.3) is 9.05 Å². The summed E-state index contributed by atoms with van der Waals surface area (Å²) in [5.74, 6) is -1.61. The predicted octanol–water partition coefficient (Wildman–Crippen LogP) is 3.99. The lowest BCUT2D eigenvalue weighted by Crippen LogP contribution is -1.95. The van der Waals surface area contributed by atoms with Gasteiger partial charge < -0.3 is 4.74 Å². The Balaban J connectivity index is 2.31. The van der Waals surface area contributed by atoms with Gasteiger partial charge in [-0.3, -0.25) is 0 Å². The zero-order chi connectivity index (χ0) is 14.9. The molecule has 106 valence electrons. The molecule has 0 N–H and O–H groups in total. The van der Waals surface area contributed by atoms with Crippen molar-refractivity contribution in [1.82, 2.24) is 0 Å². The lowest BCUT2D eigenvalue weighted by molar-refractivity contribution is 0.461. The molecule has 0 saturated carbocycles. The fourth-order valence-electron chi connectivity index (χ4n) is 1.64. The third-order valence-electron chi connectivity index (χ3n) is 2.54. The first-order valence-corrected chi connectivity index (χ1v) is 7.76. The average Bonchev–Trinajstić information content (AvgIpc) is 2.32. The highest BCUT2D eigenvalue weighted by Gasteiger charge is 2.14. The van der Waals surface area contributed by atoms with Gasteiger partial charge in [0.1, 0.15) is 11.5 Å². The summed E-state index contributed by atoms with van der Waals surface area (Å²) in [5, 5.41) is 0. The first kappa shape index (κ1) is 14.7. The molecular formula is C13H9ClF2O3S. The normalized spacial score (nSPS) is 11.4. The lowest BCUT2D eigenvalue weighted by atomic mass is 10.2. The van der Waals surface area contributed by atoms with Crippen molar-refractivity contribution in [2.75, 3.05) is 0 Å². The summed E-state index contributed by atoms with van der Waals surface area (Å²) in [5.41, 5.74) is 0.389. The highest BCUT2D eigenvalue weighted by Crippen LogP contribution is 2.28. The molecule has 0 saturated heterocycles. The standard InChI is InChI=1S/C13H9ClF2O3S/c1-8-6-9(3-5-13(8)20(14,17)18)19-10-2-4-11(15)12(16)7-10/h2-7H,1H3. The number of benzene rings is 2. The van der Waals surface area contributed by atoms with Gasteiger partial charge in [-0.15, -0.1) is 0 Å². The second-order valence-electron chi connectivity index (χ2n) is 4.04. The molecule has 2 aromatic carbocycles. The summed E-state index contributed by atoms with van der Waals surface area (Å²) in [7, 11) is 1.43. The zero-order valence-corrected chi connectivity index (χ0v) is 11.8. The third kappa shape index (κ3) is 3.26. The molecule has 0 aliphatic carbocycles. The molecular weight excluding hydrogens is 310 g/mol.